The molecule has 0 rings (SSSR count). The van der Waals surface area contributed by atoms with Gasteiger partial charge >= 0.3 is 0 Å². The first kappa shape index (κ1) is 7.47. The third-order valence-corrected chi connectivity index (χ3v) is 0.529. The van der Waals surface area contributed by atoms with Crippen molar-refractivity contribution in [1.29, 1.82) is 0 Å². The lowest BCUT2D eigenvalue weighted by Crippen LogP contribution is -1.95. The zero-order valence-corrected chi connectivity index (χ0v) is 5.72. The van der Waals surface area contributed by atoms with Gasteiger partial charge in [-0.3, -0.25) is 0 Å². The Labute approximate surface area is 50.5 Å². The number of oxime groups is 1. The molecule has 0 unspecified atom stereocenters. The average Bonchev–Trinajstić information content (AvgIpc) is 1.66. The Morgan fingerprint density at radius 1 is 1.62 bits per heavy atom. The van der Waals surface area contributed by atoms with Crippen molar-refractivity contribution < 1.29 is 4.84 Å². The molecule has 0 radical (unpaired) electrons. The molecule has 0 saturated heterocycles. The van der Waals surface area contributed by atoms with Crippen LogP contribution in [0.5, 0.6) is 0 Å². The predicted octanol–water partition coefficient (Wildman–Crippen LogP) is 1.81. The molecular formula is C6H13NO. The zero-order chi connectivity index (χ0) is 6.41. The molecule has 0 heterocycles. The quantitative estimate of drug-likeness (QED) is 0.406. The summed E-state index contributed by atoms with van der Waals surface area (Å²) >= 11 is 0. The fourth-order valence-electron chi connectivity index (χ4n) is 0.239. The summed E-state index contributed by atoms with van der Waals surface area (Å²) < 4.78 is 0. The lowest BCUT2D eigenvalue weighted by atomic mass is 10.5. The van der Waals surface area contributed by atoms with Gasteiger partial charge in [0, 0.05) is 6.21 Å². The number of hydrogen-bond donors (Lipinski definition) is 0. The second kappa shape index (κ2) is 4.62. The Hall–Kier alpha value is -0.530. The van der Waals surface area contributed by atoms with Crippen molar-refractivity contribution in [2.24, 2.45) is 5.16 Å². The van der Waals surface area contributed by atoms with Gasteiger partial charge in [-0.15, -0.1) is 0 Å². The van der Waals surface area contributed by atoms with E-state index in [2.05, 4.69) is 5.16 Å². The topological polar surface area (TPSA) is 21.6 Å². The number of nitrogens with zero attached hydrogens (tertiary/aromatic N) is 1. The van der Waals surface area contributed by atoms with Crippen molar-refractivity contribution in [2.75, 3.05) is 0 Å². The summed E-state index contributed by atoms with van der Waals surface area (Å²) in [6, 6.07) is 0. The van der Waals surface area contributed by atoms with Crippen LogP contribution in [0.2, 0.25) is 0 Å². The molecule has 0 spiro atoms. The van der Waals surface area contributed by atoms with E-state index in [4.69, 9.17) is 4.84 Å². The van der Waals surface area contributed by atoms with Crippen LogP contribution in [0.4, 0.5) is 0 Å². The van der Waals surface area contributed by atoms with Gasteiger partial charge in [-0.1, -0.05) is 12.1 Å². The van der Waals surface area contributed by atoms with E-state index in [1.807, 2.05) is 20.8 Å². The SMILES string of the molecule is CC/C=N/OC(C)C. The molecule has 8 heavy (non-hydrogen) atoms. The highest BCUT2D eigenvalue weighted by Gasteiger charge is 1.84. The van der Waals surface area contributed by atoms with Gasteiger partial charge in [0.2, 0.25) is 0 Å². The van der Waals surface area contributed by atoms with E-state index in [-0.39, 0.29) is 6.10 Å². The van der Waals surface area contributed by atoms with E-state index in [1.54, 1.807) is 6.21 Å². The first-order chi connectivity index (χ1) is 3.77. The summed E-state index contributed by atoms with van der Waals surface area (Å²) in [7, 11) is 0. The molecule has 0 bridgehead atoms. The Morgan fingerprint density at radius 2 is 2.25 bits per heavy atom. The standard InChI is InChI=1S/C6H13NO/c1-4-5-7-8-6(2)3/h5-6H,4H2,1-3H3/b7-5+. The number of hydrogen-bond acceptors (Lipinski definition) is 2. The molecule has 0 aliphatic carbocycles. The van der Waals surface area contributed by atoms with Crippen molar-refractivity contribution in [3.05, 3.63) is 0 Å². The highest BCUT2D eigenvalue weighted by atomic mass is 16.6. The third-order valence-electron chi connectivity index (χ3n) is 0.529. The summed E-state index contributed by atoms with van der Waals surface area (Å²) in [5.41, 5.74) is 0. The van der Waals surface area contributed by atoms with E-state index in [9.17, 15) is 0 Å². The minimum Gasteiger partial charge on any atom is -0.393 e. The van der Waals surface area contributed by atoms with Crippen LogP contribution >= 0.6 is 0 Å². The predicted molar refractivity (Wildman–Crippen MR) is 35.0 cm³/mol. The Morgan fingerprint density at radius 3 is 2.62 bits per heavy atom. The minimum atomic E-state index is 0.206. The second-order valence-corrected chi connectivity index (χ2v) is 1.85. The molecule has 0 amide bonds. The largest absolute Gasteiger partial charge is 0.393 e. The normalized spacial score (nSPS) is 11.0. The van der Waals surface area contributed by atoms with E-state index in [0.29, 0.717) is 0 Å². The summed E-state index contributed by atoms with van der Waals surface area (Å²) in [5.74, 6) is 0. The molecule has 0 aliphatic heterocycles. The first-order valence-electron chi connectivity index (χ1n) is 2.95. The lowest BCUT2D eigenvalue weighted by Gasteiger charge is -1.98. The molecule has 0 fully saturated rings. The zero-order valence-electron chi connectivity index (χ0n) is 5.72. The summed E-state index contributed by atoms with van der Waals surface area (Å²) in [6.45, 7) is 5.92. The molecule has 0 N–H and O–H groups in total. The highest BCUT2D eigenvalue weighted by Crippen LogP contribution is 1.86. The Balaban J connectivity index is 3.03. The molecule has 0 atom stereocenters. The van der Waals surface area contributed by atoms with Gasteiger partial charge < -0.3 is 4.84 Å². The number of rotatable bonds is 3. The Bertz CT molecular complexity index is 68.9. The monoisotopic (exact) mass is 115 g/mol. The van der Waals surface area contributed by atoms with E-state index in [0.717, 1.165) is 6.42 Å². The van der Waals surface area contributed by atoms with Crippen molar-refractivity contribution in [3.63, 3.8) is 0 Å². The Kier molecular flexibility index (Phi) is 4.32. The van der Waals surface area contributed by atoms with Crippen LogP contribution in [0.1, 0.15) is 27.2 Å². The van der Waals surface area contributed by atoms with Crippen LogP contribution in [0.15, 0.2) is 5.16 Å². The maximum atomic E-state index is 4.85. The van der Waals surface area contributed by atoms with E-state index >= 15 is 0 Å². The van der Waals surface area contributed by atoms with Gasteiger partial charge in [-0.2, -0.15) is 0 Å². The minimum absolute atomic E-state index is 0.206. The van der Waals surface area contributed by atoms with Gasteiger partial charge in [-0.25, -0.2) is 0 Å². The van der Waals surface area contributed by atoms with Gasteiger partial charge in [0.05, 0.1) is 0 Å². The van der Waals surface area contributed by atoms with Crippen molar-refractivity contribution in [3.8, 4) is 0 Å². The molecule has 0 aliphatic rings. The molecule has 0 aromatic rings. The average molecular weight is 115 g/mol. The smallest absolute Gasteiger partial charge is 0.121 e. The van der Waals surface area contributed by atoms with Gasteiger partial charge in [0.1, 0.15) is 6.10 Å². The van der Waals surface area contributed by atoms with E-state index in [1.165, 1.54) is 0 Å². The van der Waals surface area contributed by atoms with Crippen molar-refractivity contribution in [1.82, 2.24) is 0 Å². The molecule has 2 nitrogen and oxygen atoms in total. The lowest BCUT2D eigenvalue weighted by molar-refractivity contribution is 0.0868. The van der Waals surface area contributed by atoms with Gasteiger partial charge in [-0.05, 0) is 20.3 Å². The molecule has 0 aromatic heterocycles. The summed E-state index contributed by atoms with van der Waals surface area (Å²) in [4.78, 5) is 4.85. The fraction of sp³-hybridized carbons (Fsp3) is 0.833. The van der Waals surface area contributed by atoms with Crippen molar-refractivity contribution in [2.45, 2.75) is 33.3 Å². The molecule has 48 valence electrons. The fourth-order valence-corrected chi connectivity index (χ4v) is 0.239. The van der Waals surface area contributed by atoms with Crippen LogP contribution in [-0.2, 0) is 4.84 Å². The maximum absolute atomic E-state index is 4.85. The van der Waals surface area contributed by atoms with E-state index < -0.39 is 0 Å². The third kappa shape index (κ3) is 5.47. The van der Waals surface area contributed by atoms with Crippen LogP contribution in [0.25, 0.3) is 0 Å². The first-order valence-corrected chi connectivity index (χ1v) is 2.95. The van der Waals surface area contributed by atoms with Crippen LogP contribution in [0, 0.1) is 0 Å². The van der Waals surface area contributed by atoms with Crippen LogP contribution < -0.4 is 0 Å². The molecular weight excluding hydrogens is 102 g/mol. The van der Waals surface area contributed by atoms with Crippen molar-refractivity contribution >= 4 is 6.21 Å². The van der Waals surface area contributed by atoms with Crippen LogP contribution in [-0.4, -0.2) is 12.3 Å². The maximum Gasteiger partial charge on any atom is 0.121 e. The summed E-state index contributed by atoms with van der Waals surface area (Å²) in [5, 5.41) is 3.66. The molecule has 0 aromatic carbocycles. The second-order valence-electron chi connectivity index (χ2n) is 1.85. The molecule has 2 heteroatoms. The van der Waals surface area contributed by atoms with Gasteiger partial charge in [0.25, 0.3) is 0 Å². The molecule has 0 saturated carbocycles. The van der Waals surface area contributed by atoms with Gasteiger partial charge in [0.15, 0.2) is 0 Å². The van der Waals surface area contributed by atoms with Crippen LogP contribution in [0.3, 0.4) is 0 Å². The highest BCUT2D eigenvalue weighted by molar-refractivity contribution is 5.55. The summed E-state index contributed by atoms with van der Waals surface area (Å²) in [6.07, 6.45) is 2.89.